The molecule has 0 bridgehead atoms. The molecule has 1 aromatic heterocycles. The van der Waals surface area contributed by atoms with Crippen molar-refractivity contribution >= 4 is 11.7 Å². The van der Waals surface area contributed by atoms with E-state index in [9.17, 15) is 4.79 Å². The van der Waals surface area contributed by atoms with E-state index in [4.69, 9.17) is 4.74 Å². The minimum Gasteiger partial charge on any atom is -0.459 e. The summed E-state index contributed by atoms with van der Waals surface area (Å²) in [5.41, 5.74) is 0. The van der Waals surface area contributed by atoms with Gasteiger partial charge < -0.3 is 14.5 Å². The van der Waals surface area contributed by atoms with Crippen molar-refractivity contribution in [1.82, 2.24) is 19.8 Å². The number of allylic oxidation sites excluding steroid dienone is 1. The van der Waals surface area contributed by atoms with Crippen molar-refractivity contribution < 1.29 is 9.53 Å². The van der Waals surface area contributed by atoms with Crippen LogP contribution in [0.4, 0.5) is 5.82 Å². The summed E-state index contributed by atoms with van der Waals surface area (Å²) in [5, 5.41) is 0. The quantitative estimate of drug-likeness (QED) is 0.566. The smallest absolute Gasteiger partial charge is 0.318 e. The van der Waals surface area contributed by atoms with Gasteiger partial charge >= 0.3 is 6.01 Å². The van der Waals surface area contributed by atoms with Crippen LogP contribution in [0.3, 0.4) is 0 Å². The van der Waals surface area contributed by atoms with Gasteiger partial charge in [0.25, 0.3) is 0 Å². The van der Waals surface area contributed by atoms with Gasteiger partial charge in [-0.25, -0.2) is 4.98 Å². The van der Waals surface area contributed by atoms with Crippen molar-refractivity contribution in [2.45, 2.75) is 25.9 Å². The monoisotopic (exact) mass is 349 g/mol. The average Bonchev–Trinajstić information content (AvgIpc) is 2.58. The Morgan fingerprint density at radius 1 is 1.36 bits per heavy atom. The Kier molecular flexibility index (Phi) is 8.91. The molecular weight excluding hydrogens is 318 g/mol. The predicted molar refractivity (Wildman–Crippen MR) is 101 cm³/mol. The zero-order valence-corrected chi connectivity index (χ0v) is 16.1. The maximum absolute atomic E-state index is 11.9. The fourth-order valence-corrected chi connectivity index (χ4v) is 2.19. The van der Waals surface area contributed by atoms with Crippen LogP contribution in [-0.4, -0.2) is 79.6 Å². The molecule has 1 atom stereocenters. The summed E-state index contributed by atoms with van der Waals surface area (Å²) < 4.78 is 6.00. The predicted octanol–water partition coefficient (Wildman–Crippen LogP) is 1.67. The lowest BCUT2D eigenvalue weighted by molar-refractivity contribution is -0.129. The second-order valence-corrected chi connectivity index (χ2v) is 6.30. The molecule has 7 heteroatoms. The molecule has 7 nitrogen and oxygen atoms in total. The van der Waals surface area contributed by atoms with Crippen LogP contribution in [-0.2, 0) is 4.79 Å². The summed E-state index contributed by atoms with van der Waals surface area (Å²) >= 11 is 0. The molecule has 0 unspecified atom stereocenters. The molecule has 0 saturated carbocycles. The van der Waals surface area contributed by atoms with E-state index < -0.39 is 0 Å². The normalized spacial score (nSPS) is 11.9. The Labute approximate surface area is 151 Å². The molecule has 0 aliphatic heterocycles. The highest BCUT2D eigenvalue weighted by Gasteiger charge is 2.17. The van der Waals surface area contributed by atoms with Gasteiger partial charge in [0.1, 0.15) is 11.9 Å². The number of ether oxygens (including phenoxy) is 1. The van der Waals surface area contributed by atoms with Crippen LogP contribution in [0.5, 0.6) is 6.01 Å². The van der Waals surface area contributed by atoms with Gasteiger partial charge in [-0.2, -0.15) is 4.98 Å². The van der Waals surface area contributed by atoms with E-state index in [-0.39, 0.29) is 12.0 Å². The molecule has 0 saturated heterocycles. The summed E-state index contributed by atoms with van der Waals surface area (Å²) in [6.45, 7) is 7.65. The van der Waals surface area contributed by atoms with Gasteiger partial charge in [0.05, 0.1) is 6.54 Å². The van der Waals surface area contributed by atoms with Crippen molar-refractivity contribution in [3.05, 3.63) is 24.9 Å². The summed E-state index contributed by atoms with van der Waals surface area (Å²) in [6.07, 6.45) is 5.08. The average molecular weight is 349 g/mol. The molecule has 0 fully saturated rings. The van der Waals surface area contributed by atoms with E-state index >= 15 is 0 Å². The van der Waals surface area contributed by atoms with Crippen LogP contribution in [0.2, 0.25) is 0 Å². The van der Waals surface area contributed by atoms with Gasteiger partial charge in [0, 0.05) is 40.4 Å². The van der Waals surface area contributed by atoms with Gasteiger partial charge in [-0.3, -0.25) is 9.69 Å². The maximum atomic E-state index is 11.9. The number of carbonyl (C=O) groups excluding carboxylic acids is 1. The highest BCUT2D eigenvalue weighted by atomic mass is 16.5. The summed E-state index contributed by atoms with van der Waals surface area (Å²) in [4.78, 5) is 26.1. The molecule has 1 amide bonds. The van der Waals surface area contributed by atoms with Gasteiger partial charge in [-0.05, 0) is 32.9 Å². The van der Waals surface area contributed by atoms with E-state index in [2.05, 4.69) is 23.5 Å². The molecule has 0 radical (unpaired) electrons. The first-order valence-corrected chi connectivity index (χ1v) is 8.57. The second-order valence-electron chi connectivity index (χ2n) is 6.30. The Morgan fingerprint density at radius 3 is 2.68 bits per heavy atom. The van der Waals surface area contributed by atoms with Crippen molar-refractivity contribution in [2.24, 2.45) is 0 Å². The van der Waals surface area contributed by atoms with Crippen LogP contribution < -0.4 is 9.64 Å². The minimum absolute atomic E-state index is 0.0628. The Bertz CT molecular complexity index is 550. The summed E-state index contributed by atoms with van der Waals surface area (Å²) in [7, 11) is 7.40. The lowest BCUT2D eigenvalue weighted by atomic mass is 10.2. The standard InChI is InChI=1S/C18H31N5O2/c1-7-9-10-15(13-22(5)14-17(24)21(3)4)25-18-19-12-11-16(20-18)23(6)8-2/h7,11-12,15H,1,8-10,13-14H2,2-6H3/t15-/m1/s1. The van der Waals surface area contributed by atoms with Gasteiger partial charge in [-0.1, -0.05) is 6.08 Å². The van der Waals surface area contributed by atoms with E-state index in [1.54, 1.807) is 25.2 Å². The zero-order chi connectivity index (χ0) is 18.8. The third kappa shape index (κ3) is 7.51. The molecule has 140 valence electrons. The number of rotatable bonds is 11. The fourth-order valence-electron chi connectivity index (χ4n) is 2.19. The number of carbonyl (C=O) groups is 1. The van der Waals surface area contributed by atoms with E-state index in [0.29, 0.717) is 19.1 Å². The Hall–Kier alpha value is -2.15. The van der Waals surface area contributed by atoms with Crippen molar-refractivity contribution in [3.8, 4) is 6.01 Å². The third-order valence-electron chi connectivity index (χ3n) is 3.87. The van der Waals surface area contributed by atoms with Crippen LogP contribution in [0.25, 0.3) is 0 Å². The van der Waals surface area contributed by atoms with Gasteiger partial charge in [-0.15, -0.1) is 6.58 Å². The number of amides is 1. The van der Waals surface area contributed by atoms with Crippen LogP contribution >= 0.6 is 0 Å². The van der Waals surface area contributed by atoms with Crippen molar-refractivity contribution in [2.75, 3.05) is 52.7 Å². The molecule has 1 rings (SSSR count). The fraction of sp³-hybridized carbons (Fsp3) is 0.611. The number of anilines is 1. The first kappa shape index (κ1) is 20.9. The highest BCUT2D eigenvalue weighted by Crippen LogP contribution is 2.15. The summed E-state index contributed by atoms with van der Waals surface area (Å²) in [5.74, 6) is 0.888. The number of hydrogen-bond donors (Lipinski definition) is 0. The highest BCUT2D eigenvalue weighted by molar-refractivity contribution is 5.77. The topological polar surface area (TPSA) is 61.8 Å². The molecule has 0 aliphatic rings. The van der Waals surface area contributed by atoms with Crippen molar-refractivity contribution in [1.29, 1.82) is 0 Å². The van der Waals surface area contributed by atoms with Crippen LogP contribution in [0, 0.1) is 0 Å². The number of hydrogen-bond acceptors (Lipinski definition) is 6. The third-order valence-corrected chi connectivity index (χ3v) is 3.87. The van der Waals surface area contributed by atoms with Gasteiger partial charge in [0.15, 0.2) is 0 Å². The van der Waals surface area contributed by atoms with Gasteiger partial charge in [0.2, 0.25) is 5.91 Å². The van der Waals surface area contributed by atoms with Crippen LogP contribution in [0.15, 0.2) is 24.9 Å². The first-order chi connectivity index (χ1) is 11.9. The molecule has 0 aliphatic carbocycles. The number of aromatic nitrogens is 2. The van der Waals surface area contributed by atoms with Crippen LogP contribution in [0.1, 0.15) is 19.8 Å². The molecule has 0 N–H and O–H groups in total. The number of nitrogens with zero attached hydrogens (tertiary/aromatic N) is 5. The van der Waals surface area contributed by atoms with E-state index in [1.165, 1.54) is 0 Å². The molecule has 25 heavy (non-hydrogen) atoms. The molecule has 1 heterocycles. The lowest BCUT2D eigenvalue weighted by Gasteiger charge is -2.25. The Morgan fingerprint density at radius 2 is 2.08 bits per heavy atom. The Balaban J connectivity index is 2.75. The molecule has 1 aromatic rings. The molecule has 0 aromatic carbocycles. The minimum atomic E-state index is -0.111. The zero-order valence-electron chi connectivity index (χ0n) is 16.1. The maximum Gasteiger partial charge on any atom is 0.318 e. The summed E-state index contributed by atoms with van der Waals surface area (Å²) in [6, 6.07) is 2.22. The number of likely N-dealkylation sites (N-methyl/N-ethyl adjacent to an activating group) is 2. The largest absolute Gasteiger partial charge is 0.459 e. The molecular formula is C18H31N5O2. The first-order valence-electron chi connectivity index (χ1n) is 8.57. The van der Waals surface area contributed by atoms with Crippen molar-refractivity contribution in [3.63, 3.8) is 0 Å². The molecule has 0 spiro atoms. The lowest BCUT2D eigenvalue weighted by Crippen LogP contribution is -2.40. The van der Waals surface area contributed by atoms with E-state index in [0.717, 1.165) is 25.2 Å². The van der Waals surface area contributed by atoms with E-state index in [1.807, 2.05) is 36.0 Å². The SMILES string of the molecule is C=CCC[C@H](CN(C)CC(=O)N(C)C)Oc1nccc(N(C)CC)n1. The second kappa shape index (κ2) is 10.7.